The van der Waals surface area contributed by atoms with E-state index < -0.39 is 28.5 Å². The minimum absolute atomic E-state index is 0.0111. The number of rotatable bonds is 7. The van der Waals surface area contributed by atoms with Gasteiger partial charge in [-0.05, 0) is 36.2 Å². The summed E-state index contributed by atoms with van der Waals surface area (Å²) in [6.45, 7) is 0.0251. The van der Waals surface area contributed by atoms with Crippen molar-refractivity contribution in [3.8, 4) is 11.1 Å². The van der Waals surface area contributed by atoms with Crippen LogP contribution in [0.5, 0.6) is 0 Å². The van der Waals surface area contributed by atoms with E-state index in [-0.39, 0.29) is 16.3 Å². The van der Waals surface area contributed by atoms with Crippen LogP contribution in [0, 0.1) is 0 Å². The largest absolute Gasteiger partial charge is 0.457 e. The van der Waals surface area contributed by atoms with Gasteiger partial charge in [-0.3, -0.25) is 14.5 Å². The van der Waals surface area contributed by atoms with Crippen LogP contribution in [0.15, 0.2) is 81.2 Å². The van der Waals surface area contributed by atoms with Crippen LogP contribution in [0.4, 0.5) is 5.69 Å². The van der Waals surface area contributed by atoms with Gasteiger partial charge in [0.15, 0.2) is 6.61 Å². The predicted molar refractivity (Wildman–Crippen MR) is 121 cm³/mol. The number of amides is 1. The van der Waals surface area contributed by atoms with Gasteiger partial charge in [-0.1, -0.05) is 36.4 Å². The second kappa shape index (κ2) is 9.70. The number of sulfonamides is 1. The predicted octanol–water partition coefficient (Wildman–Crippen LogP) is 3.21. The summed E-state index contributed by atoms with van der Waals surface area (Å²) in [7, 11) is -3.82. The molecule has 2 aromatic carbocycles. The molecule has 2 heterocycles. The number of anilines is 1. The molecule has 170 valence electrons. The molecule has 0 saturated heterocycles. The van der Waals surface area contributed by atoms with Crippen molar-refractivity contribution in [2.24, 2.45) is 4.99 Å². The molecule has 0 fully saturated rings. The van der Waals surface area contributed by atoms with Gasteiger partial charge in [0, 0.05) is 24.2 Å². The van der Waals surface area contributed by atoms with Crippen molar-refractivity contribution < 1.29 is 27.2 Å². The monoisotopic (exact) mass is 467 g/mol. The number of carbonyl (C=O) groups excluding carboxylic acids is 2. The highest BCUT2D eigenvalue weighted by atomic mass is 32.2. The first-order valence-corrected chi connectivity index (χ1v) is 11.7. The number of furan rings is 1. The van der Waals surface area contributed by atoms with E-state index in [1.807, 2.05) is 30.3 Å². The fourth-order valence-electron chi connectivity index (χ4n) is 3.28. The van der Waals surface area contributed by atoms with E-state index >= 15 is 0 Å². The summed E-state index contributed by atoms with van der Waals surface area (Å²) in [4.78, 5) is 28.8. The Morgan fingerprint density at radius 3 is 2.64 bits per heavy atom. The molecule has 0 aliphatic carbocycles. The lowest BCUT2D eigenvalue weighted by atomic mass is 10.1. The summed E-state index contributed by atoms with van der Waals surface area (Å²) in [6.07, 6.45) is 2.75. The molecule has 10 heteroatoms. The first-order chi connectivity index (χ1) is 15.9. The zero-order valence-electron chi connectivity index (χ0n) is 17.5. The maximum Gasteiger partial charge on any atom is 0.375 e. The number of hydrogen-bond acceptors (Lipinski definition) is 7. The first kappa shape index (κ1) is 22.3. The summed E-state index contributed by atoms with van der Waals surface area (Å²) in [6, 6.07) is 16.6. The Labute approximate surface area is 190 Å². The van der Waals surface area contributed by atoms with E-state index in [4.69, 9.17) is 9.15 Å². The first-order valence-electron chi connectivity index (χ1n) is 10.2. The molecule has 0 saturated carbocycles. The van der Waals surface area contributed by atoms with Gasteiger partial charge in [-0.25, -0.2) is 13.2 Å². The Kier molecular flexibility index (Phi) is 6.55. The number of hydrogen-bond donors (Lipinski definition) is 2. The third kappa shape index (κ3) is 5.47. The van der Waals surface area contributed by atoms with Crippen molar-refractivity contribution >= 4 is 33.4 Å². The average molecular weight is 468 g/mol. The molecule has 3 aromatic rings. The number of benzene rings is 2. The molecular formula is C23H21N3O6S. The molecule has 0 spiro atoms. The molecule has 9 nitrogen and oxygen atoms in total. The highest BCUT2D eigenvalue weighted by Crippen LogP contribution is 2.25. The molecule has 0 bridgehead atoms. The molecule has 0 radical (unpaired) electrons. The van der Waals surface area contributed by atoms with E-state index in [0.717, 1.165) is 12.0 Å². The number of amidine groups is 1. The lowest BCUT2D eigenvalue weighted by Gasteiger charge is -2.10. The summed E-state index contributed by atoms with van der Waals surface area (Å²) in [5, 5.41) is 2.53. The third-order valence-electron chi connectivity index (χ3n) is 4.82. The maximum atomic E-state index is 12.5. The van der Waals surface area contributed by atoms with E-state index in [9.17, 15) is 18.0 Å². The summed E-state index contributed by atoms with van der Waals surface area (Å²) in [5.74, 6) is -1.00. The Balaban J connectivity index is 1.37. The summed E-state index contributed by atoms with van der Waals surface area (Å²) in [5.41, 5.74) is 1.58. The highest BCUT2D eigenvalue weighted by Gasteiger charge is 2.21. The van der Waals surface area contributed by atoms with Crippen molar-refractivity contribution in [1.29, 1.82) is 0 Å². The zero-order valence-corrected chi connectivity index (χ0v) is 18.3. The van der Waals surface area contributed by atoms with Crippen LogP contribution in [-0.4, -0.2) is 39.3 Å². The van der Waals surface area contributed by atoms with Crippen LogP contribution in [0.25, 0.3) is 11.1 Å². The van der Waals surface area contributed by atoms with Crippen LogP contribution in [0.2, 0.25) is 0 Å². The Hall–Kier alpha value is -3.92. The fraction of sp³-hybridized carbons (Fsp3) is 0.174. The second-order valence-electron chi connectivity index (χ2n) is 7.22. The van der Waals surface area contributed by atoms with Gasteiger partial charge in [-0.15, -0.1) is 0 Å². The lowest BCUT2D eigenvalue weighted by molar-refractivity contribution is -0.119. The zero-order chi connectivity index (χ0) is 23.3. The highest BCUT2D eigenvalue weighted by molar-refractivity contribution is 7.90. The number of esters is 1. The SMILES string of the molecule is O=C(COC(=O)c1occc1-c1ccccc1)Nc1cccc(S(=O)(=O)NC2=NCCC2)c1. The van der Waals surface area contributed by atoms with E-state index in [2.05, 4.69) is 15.0 Å². The molecular weight excluding hydrogens is 446 g/mol. The quantitative estimate of drug-likeness (QED) is 0.514. The van der Waals surface area contributed by atoms with Crippen molar-refractivity contribution in [2.75, 3.05) is 18.5 Å². The number of nitrogens with zero attached hydrogens (tertiary/aromatic N) is 1. The van der Waals surface area contributed by atoms with Crippen LogP contribution < -0.4 is 10.0 Å². The van der Waals surface area contributed by atoms with Gasteiger partial charge >= 0.3 is 5.97 Å². The fourth-order valence-corrected chi connectivity index (χ4v) is 4.42. The van der Waals surface area contributed by atoms with Crippen LogP contribution >= 0.6 is 0 Å². The molecule has 1 aromatic heterocycles. The van der Waals surface area contributed by atoms with Crippen LogP contribution in [0.3, 0.4) is 0 Å². The molecule has 1 aliphatic heterocycles. The van der Waals surface area contributed by atoms with Crippen molar-refractivity contribution in [3.05, 3.63) is 72.7 Å². The Morgan fingerprint density at radius 2 is 1.88 bits per heavy atom. The molecule has 1 amide bonds. The molecule has 0 unspecified atom stereocenters. The summed E-state index contributed by atoms with van der Waals surface area (Å²) >= 11 is 0. The number of ether oxygens (including phenoxy) is 1. The van der Waals surface area contributed by atoms with Gasteiger partial charge in [0.05, 0.1) is 11.2 Å². The van der Waals surface area contributed by atoms with Gasteiger partial charge in [0.1, 0.15) is 5.84 Å². The molecule has 1 aliphatic rings. The average Bonchev–Trinajstić information content (AvgIpc) is 3.50. The molecule has 0 atom stereocenters. The Morgan fingerprint density at radius 1 is 1.06 bits per heavy atom. The minimum atomic E-state index is -3.82. The molecule has 4 rings (SSSR count). The number of aliphatic imine (C=N–C) groups is 1. The standard InChI is InChI=1S/C23H21N3O6S/c27-21(15-32-23(28)22-19(11-13-31-22)16-6-2-1-3-7-16)25-17-8-4-9-18(14-17)33(29,30)26-20-10-5-12-24-20/h1-4,6-9,11,13-14H,5,10,12,15H2,(H,24,26)(H,25,27). The normalized spacial score (nSPS) is 13.3. The van der Waals surface area contributed by atoms with Crippen molar-refractivity contribution in [3.63, 3.8) is 0 Å². The van der Waals surface area contributed by atoms with Crippen molar-refractivity contribution in [1.82, 2.24) is 4.72 Å². The third-order valence-corrected chi connectivity index (χ3v) is 6.20. The Bertz CT molecular complexity index is 1300. The maximum absolute atomic E-state index is 12.5. The topological polar surface area (TPSA) is 127 Å². The van der Waals surface area contributed by atoms with Gasteiger partial charge in [-0.2, -0.15) is 0 Å². The van der Waals surface area contributed by atoms with E-state index in [1.54, 1.807) is 6.07 Å². The summed E-state index contributed by atoms with van der Waals surface area (Å²) < 4.78 is 37.9. The van der Waals surface area contributed by atoms with Gasteiger partial charge in [0.25, 0.3) is 15.9 Å². The minimum Gasteiger partial charge on any atom is -0.457 e. The molecule has 33 heavy (non-hydrogen) atoms. The van der Waals surface area contributed by atoms with E-state index in [1.165, 1.54) is 30.5 Å². The van der Waals surface area contributed by atoms with Crippen LogP contribution in [0.1, 0.15) is 23.4 Å². The van der Waals surface area contributed by atoms with Crippen LogP contribution in [-0.2, 0) is 19.6 Å². The van der Waals surface area contributed by atoms with Crippen molar-refractivity contribution in [2.45, 2.75) is 17.7 Å². The van der Waals surface area contributed by atoms with E-state index in [0.29, 0.717) is 24.4 Å². The lowest BCUT2D eigenvalue weighted by Crippen LogP contribution is -2.29. The smallest absolute Gasteiger partial charge is 0.375 e. The number of carbonyl (C=O) groups is 2. The number of nitrogens with one attached hydrogen (secondary N) is 2. The van der Waals surface area contributed by atoms with Gasteiger partial charge in [0.2, 0.25) is 5.76 Å². The van der Waals surface area contributed by atoms with Gasteiger partial charge < -0.3 is 14.5 Å². The second-order valence-corrected chi connectivity index (χ2v) is 8.90. The molecule has 2 N–H and O–H groups in total.